The molecule has 0 amide bonds. The molecule has 0 radical (unpaired) electrons. The average molecular weight is 327 g/mol. The van der Waals surface area contributed by atoms with Crippen LogP contribution in [0.3, 0.4) is 0 Å². The second kappa shape index (κ2) is 5.98. The predicted molar refractivity (Wildman–Crippen MR) is 95.4 cm³/mol. The SMILES string of the molecule is [C-]#[N+]C(C(=O)C(C)(C)C)C1=CC(C)(C)c2cc(OC)c(OC)cc21. The maximum atomic E-state index is 12.8. The normalized spacial score (nSPS) is 16.7. The van der Waals surface area contributed by atoms with Gasteiger partial charge in [-0.25, -0.2) is 6.57 Å². The average Bonchev–Trinajstić information content (AvgIpc) is 2.76. The zero-order valence-corrected chi connectivity index (χ0v) is 15.5. The van der Waals surface area contributed by atoms with Gasteiger partial charge in [0.15, 0.2) is 11.5 Å². The Morgan fingerprint density at radius 3 is 2.17 bits per heavy atom. The zero-order chi connectivity index (χ0) is 18.3. The summed E-state index contributed by atoms with van der Waals surface area (Å²) in [5.41, 5.74) is 1.87. The summed E-state index contributed by atoms with van der Waals surface area (Å²) in [5.74, 6) is 1.19. The van der Waals surface area contributed by atoms with Gasteiger partial charge in [-0.15, -0.1) is 0 Å². The van der Waals surface area contributed by atoms with Gasteiger partial charge < -0.3 is 9.47 Å². The molecule has 0 aliphatic heterocycles. The van der Waals surface area contributed by atoms with Crippen LogP contribution in [0.25, 0.3) is 10.4 Å². The highest BCUT2D eigenvalue weighted by atomic mass is 16.5. The summed E-state index contributed by atoms with van der Waals surface area (Å²) < 4.78 is 10.8. The van der Waals surface area contributed by atoms with Gasteiger partial charge in [0.2, 0.25) is 5.78 Å². The molecule has 0 heterocycles. The molecule has 0 N–H and O–H groups in total. The molecule has 0 bridgehead atoms. The standard InChI is InChI=1S/C20H25NO3/c1-19(2,3)18(22)17(21-6)13-11-20(4,5)14-10-16(24-8)15(23-7)9-12(13)14/h9-11,17H,1-5,7-8H3. The second-order valence-corrected chi connectivity index (χ2v) is 7.72. The van der Waals surface area contributed by atoms with Crippen molar-refractivity contribution in [3.63, 3.8) is 0 Å². The van der Waals surface area contributed by atoms with Gasteiger partial charge in [-0.1, -0.05) is 40.7 Å². The minimum atomic E-state index is -0.802. The minimum absolute atomic E-state index is 0.0674. The first-order valence-electron chi connectivity index (χ1n) is 7.97. The van der Waals surface area contributed by atoms with Gasteiger partial charge in [-0.3, -0.25) is 9.64 Å². The van der Waals surface area contributed by atoms with Crippen molar-refractivity contribution in [2.45, 2.75) is 46.1 Å². The van der Waals surface area contributed by atoms with Crippen molar-refractivity contribution in [1.29, 1.82) is 0 Å². The predicted octanol–water partition coefficient (Wildman–Crippen LogP) is 4.28. The van der Waals surface area contributed by atoms with Crippen LogP contribution < -0.4 is 9.47 Å². The largest absolute Gasteiger partial charge is 0.493 e. The van der Waals surface area contributed by atoms with Crippen molar-refractivity contribution in [1.82, 2.24) is 0 Å². The summed E-state index contributed by atoms with van der Waals surface area (Å²) in [5, 5.41) is 0. The molecule has 1 aliphatic rings. The van der Waals surface area contributed by atoms with E-state index in [1.165, 1.54) is 0 Å². The van der Waals surface area contributed by atoms with Crippen LogP contribution >= 0.6 is 0 Å². The van der Waals surface area contributed by atoms with Crippen LogP contribution in [-0.2, 0) is 10.2 Å². The highest BCUT2D eigenvalue weighted by Crippen LogP contribution is 2.47. The quantitative estimate of drug-likeness (QED) is 0.775. The summed E-state index contributed by atoms with van der Waals surface area (Å²) in [4.78, 5) is 16.4. The number of hydrogen-bond acceptors (Lipinski definition) is 3. The molecule has 1 aromatic rings. The maximum Gasteiger partial charge on any atom is 0.306 e. The summed E-state index contributed by atoms with van der Waals surface area (Å²) >= 11 is 0. The first-order valence-corrected chi connectivity index (χ1v) is 7.97. The van der Waals surface area contributed by atoms with Crippen molar-refractivity contribution >= 4 is 11.4 Å². The summed E-state index contributed by atoms with van der Waals surface area (Å²) in [6.45, 7) is 17.3. The summed E-state index contributed by atoms with van der Waals surface area (Å²) in [6.07, 6.45) is 2.03. The van der Waals surface area contributed by atoms with E-state index in [9.17, 15) is 4.79 Å². The Balaban J connectivity index is 2.64. The van der Waals surface area contributed by atoms with Crippen LogP contribution in [0.15, 0.2) is 18.2 Å². The number of Topliss-reactive ketones (excluding diaryl/α,β-unsaturated/α-hetero) is 1. The van der Waals surface area contributed by atoms with Gasteiger partial charge in [-0.2, -0.15) is 0 Å². The van der Waals surface area contributed by atoms with Crippen LogP contribution in [0.1, 0.15) is 45.7 Å². The highest BCUT2D eigenvalue weighted by molar-refractivity contribution is 6.03. The fourth-order valence-electron chi connectivity index (χ4n) is 3.10. The van der Waals surface area contributed by atoms with Gasteiger partial charge in [0, 0.05) is 16.4 Å². The van der Waals surface area contributed by atoms with Crippen molar-refractivity contribution in [3.05, 3.63) is 40.8 Å². The van der Waals surface area contributed by atoms with Gasteiger partial charge in [0.05, 0.1) is 14.2 Å². The Kier molecular flexibility index (Phi) is 4.50. The van der Waals surface area contributed by atoms with E-state index in [4.69, 9.17) is 16.0 Å². The number of allylic oxidation sites excluding steroid dienone is 1. The third-order valence-electron chi connectivity index (χ3n) is 4.46. The number of benzene rings is 1. The van der Waals surface area contributed by atoms with E-state index in [2.05, 4.69) is 18.7 Å². The van der Waals surface area contributed by atoms with Crippen LogP contribution in [-0.4, -0.2) is 26.0 Å². The number of carbonyl (C=O) groups is 1. The molecule has 1 aromatic carbocycles. The zero-order valence-electron chi connectivity index (χ0n) is 15.5. The number of fused-ring (bicyclic) bond motifs is 1. The number of ketones is 1. The molecule has 4 nitrogen and oxygen atoms in total. The molecule has 0 saturated carbocycles. The van der Waals surface area contributed by atoms with Crippen LogP contribution in [0.2, 0.25) is 0 Å². The minimum Gasteiger partial charge on any atom is -0.493 e. The Labute approximate surface area is 144 Å². The first kappa shape index (κ1) is 18.1. The Hall–Kier alpha value is -2.28. The highest BCUT2D eigenvalue weighted by Gasteiger charge is 2.43. The van der Waals surface area contributed by atoms with Crippen molar-refractivity contribution in [3.8, 4) is 11.5 Å². The molecule has 1 unspecified atom stereocenters. The van der Waals surface area contributed by atoms with Gasteiger partial charge >= 0.3 is 6.04 Å². The molecule has 2 rings (SSSR count). The van der Waals surface area contributed by atoms with E-state index >= 15 is 0 Å². The van der Waals surface area contributed by atoms with Crippen LogP contribution in [0.4, 0.5) is 0 Å². The van der Waals surface area contributed by atoms with E-state index in [0.29, 0.717) is 11.5 Å². The molecule has 0 spiro atoms. The third kappa shape index (κ3) is 2.91. The molecular formula is C20H25NO3. The Morgan fingerprint density at radius 2 is 1.71 bits per heavy atom. The third-order valence-corrected chi connectivity index (χ3v) is 4.46. The summed E-state index contributed by atoms with van der Waals surface area (Å²) in [7, 11) is 3.19. The van der Waals surface area contributed by atoms with Crippen LogP contribution in [0, 0.1) is 12.0 Å². The smallest absolute Gasteiger partial charge is 0.306 e. The number of nitrogens with zero attached hydrogens (tertiary/aromatic N) is 1. The van der Waals surface area contributed by atoms with Crippen molar-refractivity contribution in [2.75, 3.05) is 14.2 Å². The fraction of sp³-hybridized carbons (Fsp3) is 0.500. The molecule has 1 atom stereocenters. The molecule has 0 saturated heterocycles. The lowest BCUT2D eigenvalue weighted by atomic mass is 9.83. The second-order valence-electron chi connectivity index (χ2n) is 7.72. The van der Waals surface area contributed by atoms with Gasteiger partial charge in [0.1, 0.15) is 0 Å². The van der Waals surface area contributed by atoms with Gasteiger partial charge in [0.25, 0.3) is 0 Å². The van der Waals surface area contributed by atoms with E-state index in [1.54, 1.807) is 14.2 Å². The van der Waals surface area contributed by atoms with Gasteiger partial charge in [-0.05, 0) is 23.3 Å². The Bertz CT molecular complexity index is 745. The fourth-order valence-corrected chi connectivity index (χ4v) is 3.10. The van der Waals surface area contributed by atoms with Crippen LogP contribution in [0.5, 0.6) is 11.5 Å². The molecule has 24 heavy (non-hydrogen) atoms. The van der Waals surface area contributed by atoms with E-state index < -0.39 is 11.5 Å². The Morgan fingerprint density at radius 1 is 1.17 bits per heavy atom. The van der Waals surface area contributed by atoms with E-state index in [1.807, 2.05) is 39.0 Å². The topological polar surface area (TPSA) is 39.9 Å². The number of methoxy groups -OCH3 is 2. The number of hydrogen-bond donors (Lipinski definition) is 0. The van der Waals surface area contributed by atoms with E-state index in [0.717, 1.165) is 16.7 Å². The van der Waals surface area contributed by atoms with Crippen molar-refractivity contribution < 1.29 is 14.3 Å². The molecule has 128 valence electrons. The monoisotopic (exact) mass is 327 g/mol. The number of rotatable bonds is 4. The first-order chi connectivity index (χ1) is 11.1. The summed E-state index contributed by atoms with van der Waals surface area (Å²) in [6, 6.07) is 3.02. The number of ether oxygens (including phenoxy) is 2. The lowest BCUT2D eigenvalue weighted by molar-refractivity contribution is -0.125. The molecule has 0 fully saturated rings. The molecule has 0 aromatic heterocycles. The number of carbonyl (C=O) groups excluding carboxylic acids is 1. The molecular weight excluding hydrogens is 302 g/mol. The lowest BCUT2D eigenvalue weighted by Crippen LogP contribution is -2.31. The maximum absolute atomic E-state index is 12.8. The molecule has 4 heteroatoms. The molecule has 1 aliphatic carbocycles. The lowest BCUT2D eigenvalue weighted by Gasteiger charge is -2.20. The van der Waals surface area contributed by atoms with Crippen molar-refractivity contribution in [2.24, 2.45) is 5.41 Å². The van der Waals surface area contributed by atoms with E-state index in [-0.39, 0.29) is 11.2 Å².